The molecule has 0 saturated heterocycles. The van der Waals surface area contributed by atoms with Gasteiger partial charge in [0.15, 0.2) is 4.30 Å². The topological polar surface area (TPSA) is 40.5 Å². The second-order valence-corrected chi connectivity index (χ2v) is 3.06. The highest BCUT2D eigenvalue weighted by Crippen LogP contribution is 2.03. The van der Waals surface area contributed by atoms with Gasteiger partial charge in [-0.15, -0.1) is 0 Å². The lowest BCUT2D eigenvalue weighted by atomic mass is 10.5. The Morgan fingerprint density at radius 3 is 1.30 bits per heavy atom. The molecule has 0 spiro atoms. The number of aliphatic hydroxyl groups excluding tert-OH is 2. The summed E-state index contributed by atoms with van der Waals surface area (Å²) in [7, 11) is 0. The van der Waals surface area contributed by atoms with Crippen LogP contribution in [0, 0.1) is 0 Å². The van der Waals surface area contributed by atoms with Gasteiger partial charge in [0.25, 0.3) is 0 Å². The zero-order valence-corrected chi connectivity index (χ0v) is 7.44. The van der Waals surface area contributed by atoms with Gasteiger partial charge in [-0.3, -0.25) is 0 Å². The molecule has 0 rings (SSSR count). The van der Waals surface area contributed by atoms with Crippen LogP contribution < -0.4 is 0 Å². The summed E-state index contributed by atoms with van der Waals surface area (Å²) in [5, 5.41) is 16.0. The molecule has 62 valence electrons. The Hall–Kier alpha value is 0.530. The van der Waals surface area contributed by atoms with Crippen molar-refractivity contribution in [2.24, 2.45) is 0 Å². The fraction of sp³-hybridized carbons (Fsp3) is 0.600. The molecule has 0 aromatic rings. The van der Waals surface area contributed by atoms with E-state index in [4.69, 9.17) is 45.0 Å². The standard InChI is InChI=1S/C4H8O2.CHCl3/c5-3-1-2-4-6;2-1(3)4/h1-2,5-6H,3-4H2;1H/b2-1-;. The molecule has 0 aliphatic carbocycles. The molecule has 0 aliphatic rings. The first kappa shape index (κ1) is 13.1. The summed E-state index contributed by atoms with van der Waals surface area (Å²) >= 11 is 14.4. The number of aliphatic hydroxyl groups is 2. The van der Waals surface area contributed by atoms with Gasteiger partial charge < -0.3 is 10.2 Å². The predicted octanol–water partition coefficient (Wildman–Crippen LogP) is 1.51. The summed E-state index contributed by atoms with van der Waals surface area (Å²) in [6, 6.07) is 0. The molecule has 0 aliphatic heterocycles. The average molecular weight is 207 g/mol. The van der Waals surface area contributed by atoms with Crippen molar-refractivity contribution in [3.63, 3.8) is 0 Å². The fourth-order valence-corrected chi connectivity index (χ4v) is 0.149. The first-order valence-corrected chi connectivity index (χ1v) is 3.75. The van der Waals surface area contributed by atoms with Gasteiger partial charge in [-0.2, -0.15) is 0 Å². The normalized spacial score (nSPS) is 9.80. The zero-order valence-electron chi connectivity index (χ0n) is 5.17. The van der Waals surface area contributed by atoms with E-state index >= 15 is 0 Å². The van der Waals surface area contributed by atoms with Gasteiger partial charge in [0, 0.05) is 0 Å². The molecule has 10 heavy (non-hydrogen) atoms. The van der Waals surface area contributed by atoms with E-state index in [1.54, 1.807) is 0 Å². The molecule has 0 aromatic carbocycles. The number of hydrogen-bond donors (Lipinski definition) is 2. The van der Waals surface area contributed by atoms with Crippen LogP contribution in [0.3, 0.4) is 0 Å². The van der Waals surface area contributed by atoms with Gasteiger partial charge in [-0.25, -0.2) is 0 Å². The van der Waals surface area contributed by atoms with Crippen molar-refractivity contribution < 1.29 is 10.2 Å². The molecular formula is C5H9Cl3O2. The van der Waals surface area contributed by atoms with Gasteiger partial charge in [0.05, 0.1) is 13.2 Å². The summed E-state index contributed by atoms with van der Waals surface area (Å²) < 4.78 is -0.750. The minimum Gasteiger partial charge on any atom is -0.392 e. The van der Waals surface area contributed by atoms with E-state index in [0.717, 1.165) is 0 Å². The predicted molar refractivity (Wildman–Crippen MR) is 44.7 cm³/mol. The van der Waals surface area contributed by atoms with Crippen LogP contribution >= 0.6 is 34.8 Å². The lowest BCUT2D eigenvalue weighted by molar-refractivity contribution is 0.329. The van der Waals surface area contributed by atoms with E-state index in [1.807, 2.05) is 0 Å². The lowest BCUT2D eigenvalue weighted by Crippen LogP contribution is -1.74. The summed E-state index contributed by atoms with van der Waals surface area (Å²) in [6.07, 6.45) is 2.97. The highest BCUT2D eigenvalue weighted by molar-refractivity contribution is 6.63. The molecule has 0 aromatic heterocycles. The van der Waals surface area contributed by atoms with Gasteiger partial charge in [0.1, 0.15) is 0 Å². The Morgan fingerprint density at radius 2 is 1.20 bits per heavy atom. The van der Waals surface area contributed by atoms with Crippen LogP contribution in [0.15, 0.2) is 12.2 Å². The maximum absolute atomic E-state index is 8.00. The smallest absolute Gasteiger partial charge is 0.180 e. The van der Waals surface area contributed by atoms with Crippen LogP contribution in [0.4, 0.5) is 0 Å². The number of alkyl halides is 3. The van der Waals surface area contributed by atoms with Crippen molar-refractivity contribution in [1.82, 2.24) is 0 Å². The zero-order chi connectivity index (χ0) is 8.41. The van der Waals surface area contributed by atoms with E-state index in [9.17, 15) is 0 Å². The molecule has 0 fully saturated rings. The molecule has 0 radical (unpaired) electrons. The Morgan fingerprint density at radius 1 is 1.00 bits per heavy atom. The number of hydrogen-bond acceptors (Lipinski definition) is 2. The van der Waals surface area contributed by atoms with Crippen molar-refractivity contribution in [2.75, 3.05) is 13.2 Å². The molecule has 0 atom stereocenters. The van der Waals surface area contributed by atoms with E-state index < -0.39 is 4.30 Å². The average Bonchev–Trinajstić information content (AvgIpc) is 1.82. The number of rotatable bonds is 2. The third-order valence-corrected chi connectivity index (χ3v) is 0.377. The monoisotopic (exact) mass is 206 g/mol. The molecule has 2 N–H and O–H groups in total. The van der Waals surface area contributed by atoms with Crippen LogP contribution in [-0.4, -0.2) is 27.7 Å². The Kier molecular flexibility index (Phi) is 16.1. The Bertz CT molecular complexity index is 66.5. The molecule has 5 heteroatoms. The molecule has 2 nitrogen and oxygen atoms in total. The van der Waals surface area contributed by atoms with Crippen LogP contribution in [-0.2, 0) is 0 Å². The van der Waals surface area contributed by atoms with Crippen LogP contribution in [0.25, 0.3) is 0 Å². The van der Waals surface area contributed by atoms with Gasteiger partial charge in [0.2, 0.25) is 0 Å². The van der Waals surface area contributed by atoms with Gasteiger partial charge in [-0.05, 0) is 0 Å². The highest BCUT2D eigenvalue weighted by Gasteiger charge is 1.78. The van der Waals surface area contributed by atoms with Crippen molar-refractivity contribution in [3.05, 3.63) is 12.2 Å². The van der Waals surface area contributed by atoms with Crippen LogP contribution in [0.5, 0.6) is 0 Å². The van der Waals surface area contributed by atoms with Crippen molar-refractivity contribution in [3.8, 4) is 0 Å². The molecular weight excluding hydrogens is 198 g/mol. The molecule has 0 unspecified atom stereocenters. The maximum atomic E-state index is 8.00. The van der Waals surface area contributed by atoms with Crippen LogP contribution in [0.1, 0.15) is 0 Å². The van der Waals surface area contributed by atoms with E-state index in [0.29, 0.717) is 0 Å². The summed E-state index contributed by atoms with van der Waals surface area (Å²) in [5.41, 5.74) is 0. The van der Waals surface area contributed by atoms with E-state index in [2.05, 4.69) is 0 Å². The van der Waals surface area contributed by atoms with Crippen molar-refractivity contribution >= 4 is 34.8 Å². The van der Waals surface area contributed by atoms with Crippen molar-refractivity contribution in [2.45, 2.75) is 4.30 Å². The number of halogens is 3. The molecule has 0 bridgehead atoms. The second-order valence-electron chi connectivity index (χ2n) is 1.08. The van der Waals surface area contributed by atoms with Gasteiger partial charge >= 0.3 is 0 Å². The molecule has 0 amide bonds. The Balaban J connectivity index is 0. The fourth-order valence-electron chi connectivity index (χ4n) is 0.149. The maximum Gasteiger partial charge on any atom is 0.180 e. The molecule has 0 saturated carbocycles. The van der Waals surface area contributed by atoms with E-state index in [-0.39, 0.29) is 13.2 Å². The Labute approximate surface area is 75.0 Å². The van der Waals surface area contributed by atoms with E-state index in [1.165, 1.54) is 12.2 Å². The van der Waals surface area contributed by atoms with Crippen molar-refractivity contribution in [1.29, 1.82) is 0 Å². The first-order chi connectivity index (χ1) is 4.65. The highest BCUT2D eigenvalue weighted by atomic mass is 35.6. The molecule has 0 heterocycles. The second kappa shape index (κ2) is 12.2. The third-order valence-electron chi connectivity index (χ3n) is 0.377. The summed E-state index contributed by atoms with van der Waals surface area (Å²) in [6.45, 7) is 0.0289. The minimum absolute atomic E-state index is 0.0144. The lowest BCUT2D eigenvalue weighted by Gasteiger charge is -1.73. The minimum atomic E-state index is -0.750. The SMILES string of the molecule is ClC(Cl)Cl.OC/C=C\CO. The largest absolute Gasteiger partial charge is 0.392 e. The van der Waals surface area contributed by atoms with Gasteiger partial charge in [-0.1, -0.05) is 47.0 Å². The summed E-state index contributed by atoms with van der Waals surface area (Å²) in [5.74, 6) is 0. The van der Waals surface area contributed by atoms with Crippen LogP contribution in [0.2, 0.25) is 0 Å². The first-order valence-electron chi connectivity index (χ1n) is 2.44. The quantitative estimate of drug-likeness (QED) is 0.532. The summed E-state index contributed by atoms with van der Waals surface area (Å²) in [4.78, 5) is 0. The third kappa shape index (κ3) is 38.8.